The summed E-state index contributed by atoms with van der Waals surface area (Å²) < 4.78 is 1.58. The van der Waals surface area contributed by atoms with E-state index in [4.69, 9.17) is 16.9 Å². The van der Waals surface area contributed by atoms with Gasteiger partial charge in [0, 0.05) is 6.20 Å². The molecule has 0 aliphatic rings. The second-order valence-corrected chi connectivity index (χ2v) is 3.17. The number of para-hydroxylation sites is 1. The number of nitrogens with zero attached hydrogens (tertiary/aromatic N) is 3. The minimum atomic E-state index is 0.553. The van der Waals surface area contributed by atoms with Gasteiger partial charge in [0.05, 0.1) is 22.5 Å². The summed E-state index contributed by atoms with van der Waals surface area (Å²) in [6, 6.07) is 9.33. The molecular formula is C10H6ClN3. The van der Waals surface area contributed by atoms with Crippen molar-refractivity contribution < 1.29 is 0 Å². The average molecular weight is 204 g/mol. The molecule has 0 spiro atoms. The number of halogens is 1. The molecule has 0 saturated heterocycles. The molecule has 0 amide bonds. The highest BCUT2D eigenvalue weighted by atomic mass is 35.5. The Kier molecular flexibility index (Phi) is 2.21. The molecule has 68 valence electrons. The van der Waals surface area contributed by atoms with Gasteiger partial charge in [0.25, 0.3) is 0 Å². The Morgan fingerprint density at radius 2 is 2.14 bits per heavy atom. The van der Waals surface area contributed by atoms with Crippen LogP contribution in [0.5, 0.6) is 0 Å². The van der Waals surface area contributed by atoms with Gasteiger partial charge in [0.2, 0.25) is 0 Å². The van der Waals surface area contributed by atoms with Crippen molar-refractivity contribution in [1.29, 1.82) is 5.26 Å². The predicted octanol–water partition coefficient (Wildman–Crippen LogP) is 2.40. The van der Waals surface area contributed by atoms with Gasteiger partial charge in [-0.2, -0.15) is 10.4 Å². The highest BCUT2D eigenvalue weighted by Crippen LogP contribution is 2.15. The van der Waals surface area contributed by atoms with Crippen molar-refractivity contribution in [3.8, 4) is 11.8 Å². The van der Waals surface area contributed by atoms with Crippen molar-refractivity contribution >= 4 is 11.6 Å². The van der Waals surface area contributed by atoms with E-state index in [9.17, 15) is 0 Å². The maximum Gasteiger partial charge on any atom is 0.101 e. The van der Waals surface area contributed by atoms with Crippen LogP contribution in [0, 0.1) is 11.3 Å². The van der Waals surface area contributed by atoms with Crippen LogP contribution in [0.3, 0.4) is 0 Å². The zero-order valence-electron chi connectivity index (χ0n) is 7.18. The summed E-state index contributed by atoms with van der Waals surface area (Å²) in [4.78, 5) is 0. The van der Waals surface area contributed by atoms with E-state index in [0.29, 0.717) is 10.6 Å². The first-order valence-electron chi connectivity index (χ1n) is 4.01. The molecule has 0 bridgehead atoms. The third-order valence-electron chi connectivity index (χ3n) is 1.82. The summed E-state index contributed by atoms with van der Waals surface area (Å²) in [5.41, 5.74) is 1.31. The quantitative estimate of drug-likeness (QED) is 0.714. The van der Waals surface area contributed by atoms with Crippen molar-refractivity contribution in [1.82, 2.24) is 9.78 Å². The Balaban J connectivity index is 2.57. The zero-order valence-corrected chi connectivity index (χ0v) is 7.94. The molecule has 1 aromatic carbocycles. The fourth-order valence-electron chi connectivity index (χ4n) is 1.20. The van der Waals surface area contributed by atoms with Crippen LogP contribution < -0.4 is 0 Å². The third kappa shape index (κ3) is 1.48. The number of benzene rings is 1. The zero-order chi connectivity index (χ0) is 9.97. The molecule has 1 heterocycles. The van der Waals surface area contributed by atoms with Crippen molar-refractivity contribution in [3.63, 3.8) is 0 Å². The Hall–Kier alpha value is -1.79. The van der Waals surface area contributed by atoms with Crippen molar-refractivity contribution in [2.75, 3.05) is 0 Å². The van der Waals surface area contributed by atoms with E-state index < -0.39 is 0 Å². The number of hydrogen-bond acceptors (Lipinski definition) is 2. The molecule has 14 heavy (non-hydrogen) atoms. The first kappa shape index (κ1) is 8.79. The topological polar surface area (TPSA) is 41.6 Å². The summed E-state index contributed by atoms with van der Waals surface area (Å²) in [5.74, 6) is 0. The molecule has 0 aliphatic heterocycles. The lowest BCUT2D eigenvalue weighted by Crippen LogP contribution is -1.96. The summed E-state index contributed by atoms with van der Waals surface area (Å²) in [6.07, 6.45) is 3.20. The average Bonchev–Trinajstić information content (AvgIpc) is 2.65. The molecule has 0 N–H and O–H groups in total. The first-order chi connectivity index (χ1) is 6.81. The lowest BCUT2D eigenvalue weighted by molar-refractivity contribution is 0.877. The maximum atomic E-state index is 8.86. The Labute approximate surface area is 86.2 Å². The predicted molar refractivity (Wildman–Crippen MR) is 53.3 cm³/mol. The molecule has 0 unspecified atom stereocenters. The molecule has 0 aliphatic carbocycles. The summed E-state index contributed by atoms with van der Waals surface area (Å²) in [6.45, 7) is 0. The van der Waals surface area contributed by atoms with E-state index in [-0.39, 0.29) is 0 Å². The molecule has 1 aromatic heterocycles. The largest absolute Gasteiger partial charge is 0.238 e. The van der Waals surface area contributed by atoms with Crippen LogP contribution in [-0.4, -0.2) is 9.78 Å². The van der Waals surface area contributed by atoms with Crippen LogP contribution in [0.25, 0.3) is 5.69 Å². The molecule has 3 nitrogen and oxygen atoms in total. The standard InChI is InChI=1S/C10H6ClN3/c11-9-6-13-14(7-9)10-4-2-1-3-8(10)5-12/h1-4,6-7H. The number of hydrogen-bond donors (Lipinski definition) is 0. The SMILES string of the molecule is N#Cc1ccccc1-n1cc(Cl)cn1. The van der Waals surface area contributed by atoms with Gasteiger partial charge in [-0.3, -0.25) is 0 Å². The monoisotopic (exact) mass is 203 g/mol. The number of nitriles is 1. The molecule has 0 radical (unpaired) electrons. The summed E-state index contributed by atoms with van der Waals surface area (Å²) in [7, 11) is 0. The smallest absolute Gasteiger partial charge is 0.101 e. The molecular weight excluding hydrogens is 198 g/mol. The molecule has 0 fully saturated rings. The molecule has 2 aromatic rings. The lowest BCUT2D eigenvalue weighted by atomic mass is 10.2. The minimum absolute atomic E-state index is 0.553. The van der Waals surface area contributed by atoms with Crippen molar-refractivity contribution in [2.24, 2.45) is 0 Å². The normalized spacial score (nSPS) is 9.71. The summed E-state index contributed by atoms with van der Waals surface area (Å²) >= 11 is 5.74. The van der Waals surface area contributed by atoms with E-state index in [1.165, 1.54) is 6.20 Å². The van der Waals surface area contributed by atoms with Crippen LogP contribution in [0.1, 0.15) is 5.56 Å². The third-order valence-corrected chi connectivity index (χ3v) is 2.02. The Morgan fingerprint density at radius 3 is 2.79 bits per heavy atom. The van der Waals surface area contributed by atoms with Crippen LogP contribution in [0.4, 0.5) is 0 Å². The Morgan fingerprint density at radius 1 is 1.36 bits per heavy atom. The van der Waals surface area contributed by atoms with Gasteiger partial charge in [0.15, 0.2) is 0 Å². The molecule has 4 heteroatoms. The minimum Gasteiger partial charge on any atom is -0.238 e. The van der Waals surface area contributed by atoms with Crippen LogP contribution in [0.15, 0.2) is 36.7 Å². The van der Waals surface area contributed by atoms with Gasteiger partial charge in [-0.1, -0.05) is 23.7 Å². The van der Waals surface area contributed by atoms with Crippen LogP contribution >= 0.6 is 11.6 Å². The maximum absolute atomic E-state index is 8.86. The Bertz CT molecular complexity index is 496. The van der Waals surface area contributed by atoms with E-state index in [1.807, 2.05) is 18.2 Å². The van der Waals surface area contributed by atoms with E-state index in [0.717, 1.165) is 5.69 Å². The fraction of sp³-hybridized carbons (Fsp3) is 0. The van der Waals surface area contributed by atoms with Gasteiger partial charge in [-0.25, -0.2) is 4.68 Å². The van der Waals surface area contributed by atoms with Crippen molar-refractivity contribution in [3.05, 3.63) is 47.2 Å². The van der Waals surface area contributed by atoms with Gasteiger partial charge >= 0.3 is 0 Å². The molecule has 0 atom stereocenters. The number of aromatic nitrogens is 2. The van der Waals surface area contributed by atoms with Gasteiger partial charge < -0.3 is 0 Å². The highest BCUT2D eigenvalue weighted by Gasteiger charge is 2.03. The van der Waals surface area contributed by atoms with E-state index in [2.05, 4.69) is 11.2 Å². The molecule has 0 saturated carbocycles. The summed E-state index contributed by atoms with van der Waals surface area (Å²) in [5, 5.41) is 13.4. The number of rotatable bonds is 1. The fourth-order valence-corrected chi connectivity index (χ4v) is 1.34. The second kappa shape index (κ2) is 3.52. The lowest BCUT2D eigenvalue weighted by Gasteiger charge is -2.01. The van der Waals surface area contributed by atoms with Gasteiger partial charge in [-0.05, 0) is 12.1 Å². The van der Waals surface area contributed by atoms with E-state index >= 15 is 0 Å². The second-order valence-electron chi connectivity index (χ2n) is 2.73. The van der Waals surface area contributed by atoms with E-state index in [1.54, 1.807) is 16.9 Å². The van der Waals surface area contributed by atoms with Crippen LogP contribution in [0.2, 0.25) is 5.02 Å². The first-order valence-corrected chi connectivity index (χ1v) is 4.39. The molecule has 2 rings (SSSR count). The van der Waals surface area contributed by atoms with Crippen LogP contribution in [-0.2, 0) is 0 Å². The van der Waals surface area contributed by atoms with Gasteiger partial charge in [0.1, 0.15) is 6.07 Å². The van der Waals surface area contributed by atoms with Crippen molar-refractivity contribution in [2.45, 2.75) is 0 Å². The highest BCUT2D eigenvalue weighted by molar-refractivity contribution is 6.30. The van der Waals surface area contributed by atoms with Gasteiger partial charge in [-0.15, -0.1) is 0 Å².